The van der Waals surface area contributed by atoms with Crippen LogP contribution in [0.1, 0.15) is 5.56 Å². The van der Waals surface area contributed by atoms with Crippen LogP contribution < -0.4 is 15.5 Å². The van der Waals surface area contributed by atoms with Crippen molar-refractivity contribution in [3.05, 3.63) is 90.5 Å². The molecule has 0 aliphatic rings. The number of ether oxygens (including phenoxy) is 1. The number of rotatable bonds is 5. The molecule has 3 aromatic carbocycles. The highest BCUT2D eigenvalue weighted by molar-refractivity contribution is 5.90. The molecule has 124 valence electrons. The lowest BCUT2D eigenvalue weighted by Crippen LogP contribution is -2.24. The van der Waals surface area contributed by atoms with Crippen molar-refractivity contribution < 1.29 is 9.53 Å². The summed E-state index contributed by atoms with van der Waals surface area (Å²) in [6, 6.07) is 25.7. The summed E-state index contributed by atoms with van der Waals surface area (Å²) in [7, 11) is 0. The number of carbonyl (C=O) groups is 1. The van der Waals surface area contributed by atoms with Crippen molar-refractivity contribution in [2.24, 2.45) is 5.10 Å². The molecule has 0 aliphatic heterocycles. The van der Waals surface area contributed by atoms with Gasteiger partial charge in [0.15, 0.2) is 0 Å². The summed E-state index contributed by atoms with van der Waals surface area (Å²) in [5.41, 5.74) is 3.98. The van der Waals surface area contributed by atoms with Crippen molar-refractivity contribution in [1.82, 2.24) is 5.43 Å². The van der Waals surface area contributed by atoms with Gasteiger partial charge in [-0.05, 0) is 54.1 Å². The highest BCUT2D eigenvalue weighted by Gasteiger charge is 1.99. The Morgan fingerprint density at radius 1 is 0.800 bits per heavy atom. The van der Waals surface area contributed by atoms with Gasteiger partial charge in [-0.3, -0.25) is 0 Å². The molecule has 2 amide bonds. The minimum atomic E-state index is -0.397. The predicted molar refractivity (Wildman–Crippen MR) is 99.1 cm³/mol. The van der Waals surface area contributed by atoms with E-state index in [9.17, 15) is 4.79 Å². The first-order chi connectivity index (χ1) is 12.3. The van der Waals surface area contributed by atoms with E-state index < -0.39 is 6.03 Å². The first-order valence-corrected chi connectivity index (χ1v) is 7.78. The van der Waals surface area contributed by atoms with E-state index in [0.29, 0.717) is 5.69 Å². The monoisotopic (exact) mass is 331 g/mol. The maximum atomic E-state index is 11.7. The molecule has 5 heteroatoms. The van der Waals surface area contributed by atoms with Crippen LogP contribution in [0.5, 0.6) is 11.5 Å². The zero-order chi connectivity index (χ0) is 17.3. The van der Waals surface area contributed by atoms with Gasteiger partial charge in [0.1, 0.15) is 11.5 Å². The highest BCUT2D eigenvalue weighted by Crippen LogP contribution is 2.20. The van der Waals surface area contributed by atoms with Gasteiger partial charge in [-0.15, -0.1) is 0 Å². The topological polar surface area (TPSA) is 62.7 Å². The Kier molecular flexibility index (Phi) is 5.40. The molecular formula is C20H17N3O2. The molecule has 0 unspecified atom stereocenters. The van der Waals surface area contributed by atoms with Gasteiger partial charge in [0, 0.05) is 5.69 Å². The van der Waals surface area contributed by atoms with Crippen LogP contribution in [0.25, 0.3) is 0 Å². The summed E-state index contributed by atoms with van der Waals surface area (Å²) in [6.45, 7) is 0. The van der Waals surface area contributed by atoms with Crippen LogP contribution in [-0.2, 0) is 0 Å². The Labute approximate surface area is 146 Å². The maximum Gasteiger partial charge on any atom is 0.339 e. The molecule has 0 heterocycles. The molecule has 0 spiro atoms. The number of hydrogen-bond donors (Lipinski definition) is 2. The smallest absolute Gasteiger partial charge is 0.339 e. The number of carbonyl (C=O) groups excluding carboxylic acids is 1. The molecule has 2 N–H and O–H groups in total. The van der Waals surface area contributed by atoms with E-state index in [2.05, 4.69) is 15.8 Å². The summed E-state index contributed by atoms with van der Waals surface area (Å²) in [5, 5.41) is 6.60. The Morgan fingerprint density at radius 2 is 1.40 bits per heavy atom. The van der Waals surface area contributed by atoms with Crippen molar-refractivity contribution >= 4 is 17.9 Å². The minimum absolute atomic E-state index is 0.397. The van der Waals surface area contributed by atoms with E-state index in [-0.39, 0.29) is 0 Å². The van der Waals surface area contributed by atoms with Crippen LogP contribution in [0, 0.1) is 0 Å². The normalized spacial score (nSPS) is 10.4. The third kappa shape index (κ3) is 5.21. The fourth-order valence-corrected chi connectivity index (χ4v) is 2.09. The van der Waals surface area contributed by atoms with E-state index in [1.54, 1.807) is 18.3 Å². The molecular weight excluding hydrogens is 314 g/mol. The van der Waals surface area contributed by atoms with Crippen molar-refractivity contribution in [2.75, 3.05) is 5.32 Å². The number of anilines is 1. The van der Waals surface area contributed by atoms with Crippen molar-refractivity contribution in [1.29, 1.82) is 0 Å². The second kappa shape index (κ2) is 8.31. The number of hydrazone groups is 1. The molecule has 0 fully saturated rings. The molecule has 0 aromatic heterocycles. The third-order valence-electron chi connectivity index (χ3n) is 3.27. The summed E-state index contributed by atoms with van der Waals surface area (Å²) in [6.07, 6.45) is 1.57. The van der Waals surface area contributed by atoms with Gasteiger partial charge >= 0.3 is 6.03 Å². The second-order valence-corrected chi connectivity index (χ2v) is 5.17. The van der Waals surface area contributed by atoms with Gasteiger partial charge in [0.2, 0.25) is 0 Å². The summed E-state index contributed by atoms with van der Waals surface area (Å²) in [4.78, 5) is 11.7. The van der Waals surface area contributed by atoms with Crippen LogP contribution in [0.2, 0.25) is 0 Å². The van der Waals surface area contributed by atoms with Gasteiger partial charge < -0.3 is 10.1 Å². The molecule has 5 nitrogen and oxygen atoms in total. The standard InChI is InChI=1S/C20H17N3O2/c24-20(22-17-7-3-1-4-8-17)23-21-15-16-11-13-19(14-12-16)25-18-9-5-2-6-10-18/h1-15H,(H2,22,23,24)/b21-15+. The van der Waals surface area contributed by atoms with Crippen LogP contribution in [-0.4, -0.2) is 12.2 Å². The summed E-state index contributed by atoms with van der Waals surface area (Å²) < 4.78 is 5.72. The lowest BCUT2D eigenvalue weighted by atomic mass is 10.2. The van der Waals surface area contributed by atoms with Crippen LogP contribution in [0.15, 0.2) is 90.0 Å². The van der Waals surface area contributed by atoms with Gasteiger partial charge in [-0.25, -0.2) is 10.2 Å². The van der Waals surface area contributed by atoms with Gasteiger partial charge in [-0.1, -0.05) is 36.4 Å². The average Bonchev–Trinajstić information content (AvgIpc) is 2.65. The molecule has 0 bridgehead atoms. The largest absolute Gasteiger partial charge is 0.457 e. The first-order valence-electron chi connectivity index (χ1n) is 7.78. The molecule has 25 heavy (non-hydrogen) atoms. The van der Waals surface area contributed by atoms with Crippen LogP contribution in [0.3, 0.4) is 0 Å². The zero-order valence-corrected chi connectivity index (χ0v) is 13.4. The quantitative estimate of drug-likeness (QED) is 0.529. The number of hydrogen-bond acceptors (Lipinski definition) is 3. The Morgan fingerprint density at radius 3 is 2.08 bits per heavy atom. The van der Waals surface area contributed by atoms with E-state index in [1.807, 2.05) is 72.8 Å². The minimum Gasteiger partial charge on any atom is -0.457 e. The Bertz CT molecular complexity index is 832. The number of urea groups is 1. The number of nitrogens with zero attached hydrogens (tertiary/aromatic N) is 1. The molecule has 0 aliphatic carbocycles. The maximum absolute atomic E-state index is 11.7. The van der Waals surface area contributed by atoms with Crippen LogP contribution in [0.4, 0.5) is 10.5 Å². The summed E-state index contributed by atoms with van der Waals surface area (Å²) >= 11 is 0. The number of para-hydroxylation sites is 2. The SMILES string of the molecule is O=C(N/N=C/c1ccc(Oc2ccccc2)cc1)Nc1ccccc1. The molecule has 0 radical (unpaired) electrons. The Hall–Kier alpha value is -3.60. The second-order valence-electron chi connectivity index (χ2n) is 5.17. The molecule has 3 aromatic rings. The molecule has 0 atom stereocenters. The first kappa shape index (κ1) is 16.3. The average molecular weight is 331 g/mol. The molecule has 0 saturated heterocycles. The highest BCUT2D eigenvalue weighted by atomic mass is 16.5. The van der Waals surface area contributed by atoms with E-state index in [0.717, 1.165) is 17.1 Å². The van der Waals surface area contributed by atoms with Crippen molar-refractivity contribution in [2.45, 2.75) is 0 Å². The fourth-order valence-electron chi connectivity index (χ4n) is 2.09. The van der Waals surface area contributed by atoms with Gasteiger partial charge in [0.05, 0.1) is 6.21 Å². The van der Waals surface area contributed by atoms with Gasteiger partial charge in [-0.2, -0.15) is 5.10 Å². The lowest BCUT2D eigenvalue weighted by Gasteiger charge is -2.05. The number of amides is 2. The van der Waals surface area contributed by atoms with Crippen molar-refractivity contribution in [3.8, 4) is 11.5 Å². The van der Waals surface area contributed by atoms with E-state index in [1.165, 1.54) is 0 Å². The van der Waals surface area contributed by atoms with Crippen LogP contribution >= 0.6 is 0 Å². The predicted octanol–water partition coefficient (Wildman–Crippen LogP) is 4.63. The Balaban J connectivity index is 1.51. The summed E-state index contributed by atoms with van der Waals surface area (Å²) in [5.74, 6) is 1.52. The third-order valence-corrected chi connectivity index (χ3v) is 3.27. The van der Waals surface area contributed by atoms with Crippen molar-refractivity contribution in [3.63, 3.8) is 0 Å². The number of benzene rings is 3. The molecule has 0 saturated carbocycles. The van der Waals surface area contributed by atoms with Gasteiger partial charge in [0.25, 0.3) is 0 Å². The van der Waals surface area contributed by atoms with E-state index >= 15 is 0 Å². The lowest BCUT2D eigenvalue weighted by molar-refractivity contribution is 0.252. The number of nitrogens with one attached hydrogen (secondary N) is 2. The fraction of sp³-hybridized carbons (Fsp3) is 0. The molecule has 3 rings (SSSR count). The van der Waals surface area contributed by atoms with E-state index in [4.69, 9.17) is 4.74 Å². The zero-order valence-electron chi connectivity index (χ0n) is 13.4.